The lowest BCUT2D eigenvalue weighted by molar-refractivity contribution is -0.125. The average molecular weight is 299 g/mol. The molecule has 1 N–H and O–H groups in total. The molecule has 1 unspecified atom stereocenters. The van der Waals surface area contributed by atoms with Crippen molar-refractivity contribution >= 4 is 0 Å². The maximum atomic E-state index is 14.1. The Kier molecular flexibility index (Phi) is 4.41. The molecule has 9 heteroatoms. The number of rotatable bonds is 6. The van der Waals surface area contributed by atoms with E-state index in [4.69, 9.17) is 4.74 Å². The maximum absolute atomic E-state index is 14.1. The summed E-state index contributed by atoms with van der Waals surface area (Å²) in [5.74, 6) is -3.14. The number of ether oxygens (including phenoxy) is 1. The molecule has 1 atom stereocenters. The fourth-order valence-electron chi connectivity index (χ4n) is 1.65. The summed E-state index contributed by atoms with van der Waals surface area (Å²) in [6.07, 6.45) is 0.271. The van der Waals surface area contributed by atoms with Crippen molar-refractivity contribution in [2.45, 2.75) is 38.5 Å². The first-order valence-corrected chi connectivity index (χ1v) is 6.29. The van der Waals surface area contributed by atoms with E-state index in [0.29, 0.717) is 5.75 Å². The third-order valence-corrected chi connectivity index (χ3v) is 2.62. The number of aromatic nitrogens is 5. The van der Waals surface area contributed by atoms with Crippen LogP contribution in [0.3, 0.4) is 0 Å². The van der Waals surface area contributed by atoms with Crippen molar-refractivity contribution in [1.29, 1.82) is 0 Å². The molecule has 0 aliphatic rings. The van der Waals surface area contributed by atoms with Crippen molar-refractivity contribution in [3.8, 4) is 5.75 Å². The first kappa shape index (κ1) is 15.2. The Morgan fingerprint density at radius 2 is 2.14 bits per heavy atom. The number of pyridine rings is 1. The number of alkyl halides is 2. The van der Waals surface area contributed by atoms with E-state index in [1.165, 1.54) is 12.3 Å². The van der Waals surface area contributed by atoms with Gasteiger partial charge in [0.15, 0.2) is 0 Å². The largest absolute Gasteiger partial charge is 0.489 e. The molecule has 2 aromatic rings. The molecule has 0 aromatic carbocycles. The third-order valence-electron chi connectivity index (χ3n) is 2.62. The molecular formula is C12H15F2N5O2. The maximum Gasteiger partial charge on any atom is 0.316 e. The summed E-state index contributed by atoms with van der Waals surface area (Å²) in [4.78, 5) is 3.66. The lowest BCUT2D eigenvalue weighted by atomic mass is 10.1. The summed E-state index contributed by atoms with van der Waals surface area (Å²) >= 11 is 0. The Morgan fingerprint density at radius 3 is 2.67 bits per heavy atom. The molecule has 0 amide bonds. The van der Waals surface area contributed by atoms with Crippen LogP contribution >= 0.6 is 0 Å². The summed E-state index contributed by atoms with van der Waals surface area (Å²) in [7, 11) is 0. The van der Waals surface area contributed by atoms with Gasteiger partial charge in [-0.25, -0.2) is 4.68 Å². The van der Waals surface area contributed by atoms with Gasteiger partial charge in [-0.2, -0.15) is 8.78 Å². The number of aliphatic hydroxyl groups excluding tert-OH is 1. The Labute approximate surface area is 119 Å². The van der Waals surface area contributed by atoms with Crippen LogP contribution in [-0.4, -0.2) is 42.5 Å². The van der Waals surface area contributed by atoms with E-state index >= 15 is 0 Å². The second kappa shape index (κ2) is 6.08. The molecule has 0 saturated carbocycles. The number of halogens is 2. The summed E-state index contributed by atoms with van der Waals surface area (Å²) in [6.45, 7) is 3.20. The molecule has 2 aromatic heterocycles. The van der Waals surface area contributed by atoms with Crippen molar-refractivity contribution in [3.63, 3.8) is 0 Å². The monoisotopic (exact) mass is 299 g/mol. The molecule has 0 aliphatic carbocycles. The van der Waals surface area contributed by atoms with Crippen LogP contribution in [0.15, 0.2) is 24.7 Å². The Balaban J connectivity index is 2.10. The van der Waals surface area contributed by atoms with E-state index in [9.17, 15) is 13.9 Å². The fourth-order valence-corrected chi connectivity index (χ4v) is 1.65. The zero-order valence-electron chi connectivity index (χ0n) is 11.5. The molecule has 0 saturated heterocycles. The van der Waals surface area contributed by atoms with Gasteiger partial charge in [0.25, 0.3) is 0 Å². The highest BCUT2D eigenvalue weighted by Crippen LogP contribution is 2.31. The highest BCUT2D eigenvalue weighted by Gasteiger charge is 2.42. The van der Waals surface area contributed by atoms with Crippen LogP contribution in [0.4, 0.5) is 8.78 Å². The normalized spacial score (nSPS) is 13.4. The van der Waals surface area contributed by atoms with E-state index < -0.39 is 24.3 Å². The summed E-state index contributed by atoms with van der Waals surface area (Å²) in [5.41, 5.74) is -0.542. The van der Waals surface area contributed by atoms with Gasteiger partial charge in [0.2, 0.25) is 0 Å². The minimum absolute atomic E-state index is 0.0800. The van der Waals surface area contributed by atoms with Crippen molar-refractivity contribution in [2.24, 2.45) is 0 Å². The molecule has 0 aliphatic heterocycles. The highest BCUT2D eigenvalue weighted by atomic mass is 19.3. The van der Waals surface area contributed by atoms with E-state index in [-0.39, 0.29) is 6.10 Å². The minimum Gasteiger partial charge on any atom is -0.489 e. The highest BCUT2D eigenvalue weighted by molar-refractivity contribution is 5.23. The molecule has 7 nitrogen and oxygen atoms in total. The van der Waals surface area contributed by atoms with Gasteiger partial charge in [-0.05, 0) is 36.4 Å². The number of hydrogen-bond donors (Lipinski definition) is 1. The van der Waals surface area contributed by atoms with Crippen molar-refractivity contribution in [2.75, 3.05) is 0 Å². The van der Waals surface area contributed by atoms with Crippen LogP contribution in [0.2, 0.25) is 0 Å². The number of nitrogens with zero attached hydrogens (tertiary/aromatic N) is 5. The topological polar surface area (TPSA) is 86.0 Å². The summed E-state index contributed by atoms with van der Waals surface area (Å²) < 4.78 is 34.6. The Hall–Kier alpha value is -2.16. The van der Waals surface area contributed by atoms with Crippen molar-refractivity contribution < 1.29 is 18.6 Å². The average Bonchev–Trinajstić information content (AvgIpc) is 2.91. The second-order valence-corrected chi connectivity index (χ2v) is 4.72. The molecule has 0 fully saturated rings. The third kappa shape index (κ3) is 3.69. The summed E-state index contributed by atoms with van der Waals surface area (Å²) in [5, 5.41) is 19.7. The Bertz CT molecular complexity index is 560. The van der Waals surface area contributed by atoms with Crippen LogP contribution in [0, 0.1) is 0 Å². The van der Waals surface area contributed by atoms with E-state index in [0.717, 1.165) is 17.1 Å². The van der Waals surface area contributed by atoms with E-state index in [1.807, 2.05) is 13.8 Å². The van der Waals surface area contributed by atoms with Gasteiger partial charge in [-0.3, -0.25) is 4.98 Å². The molecule has 0 bridgehead atoms. The van der Waals surface area contributed by atoms with Crippen LogP contribution < -0.4 is 4.74 Å². The molecule has 21 heavy (non-hydrogen) atoms. The predicted molar refractivity (Wildman–Crippen MR) is 67.7 cm³/mol. The standard InChI is InChI=1S/C12H15F2N5O2/c1-8(2)21-9-3-4-10(15-5-9)12(13,14)11(20)6-19-7-16-17-18-19/h3-5,7-8,11,20H,6H2,1-2H3. The zero-order chi connectivity index (χ0) is 15.5. The first-order valence-electron chi connectivity index (χ1n) is 6.29. The minimum atomic E-state index is -3.53. The lowest BCUT2D eigenvalue weighted by Crippen LogP contribution is -2.35. The zero-order valence-corrected chi connectivity index (χ0v) is 11.5. The van der Waals surface area contributed by atoms with Gasteiger partial charge in [-0.15, -0.1) is 5.10 Å². The molecule has 2 rings (SSSR count). The number of tetrazole rings is 1. The van der Waals surface area contributed by atoms with Gasteiger partial charge in [0, 0.05) is 0 Å². The van der Waals surface area contributed by atoms with Crippen LogP contribution in [0.5, 0.6) is 5.75 Å². The lowest BCUT2D eigenvalue weighted by Gasteiger charge is -2.21. The van der Waals surface area contributed by atoms with Crippen molar-refractivity contribution in [1.82, 2.24) is 25.2 Å². The van der Waals surface area contributed by atoms with Crippen molar-refractivity contribution in [3.05, 3.63) is 30.4 Å². The predicted octanol–water partition coefficient (Wildman–Crippen LogP) is 1.01. The van der Waals surface area contributed by atoms with E-state index in [1.54, 1.807) is 0 Å². The van der Waals surface area contributed by atoms with Gasteiger partial charge in [0.1, 0.15) is 23.9 Å². The number of hydrogen-bond acceptors (Lipinski definition) is 6. The summed E-state index contributed by atoms with van der Waals surface area (Å²) in [6, 6.07) is 2.51. The fraction of sp³-hybridized carbons (Fsp3) is 0.500. The second-order valence-electron chi connectivity index (χ2n) is 4.72. The molecule has 0 radical (unpaired) electrons. The molecule has 0 spiro atoms. The van der Waals surface area contributed by atoms with Gasteiger partial charge >= 0.3 is 5.92 Å². The van der Waals surface area contributed by atoms with Gasteiger partial charge < -0.3 is 9.84 Å². The van der Waals surface area contributed by atoms with Gasteiger partial charge in [0.05, 0.1) is 18.8 Å². The van der Waals surface area contributed by atoms with Crippen LogP contribution in [0.1, 0.15) is 19.5 Å². The molecule has 114 valence electrons. The number of aliphatic hydroxyl groups is 1. The van der Waals surface area contributed by atoms with Gasteiger partial charge in [-0.1, -0.05) is 0 Å². The van der Waals surface area contributed by atoms with Crippen LogP contribution in [-0.2, 0) is 12.5 Å². The molecule has 2 heterocycles. The molecular weight excluding hydrogens is 284 g/mol. The quantitative estimate of drug-likeness (QED) is 0.856. The Morgan fingerprint density at radius 1 is 1.38 bits per heavy atom. The van der Waals surface area contributed by atoms with Crippen LogP contribution in [0.25, 0.3) is 0 Å². The van der Waals surface area contributed by atoms with E-state index in [2.05, 4.69) is 20.5 Å². The first-order chi connectivity index (χ1) is 9.89. The SMILES string of the molecule is CC(C)Oc1ccc(C(F)(F)C(O)Cn2cnnn2)nc1. The smallest absolute Gasteiger partial charge is 0.316 e.